The first kappa shape index (κ1) is 15.5. The van der Waals surface area contributed by atoms with E-state index in [0.29, 0.717) is 13.2 Å². The van der Waals surface area contributed by atoms with Crippen LogP contribution in [0.3, 0.4) is 0 Å². The summed E-state index contributed by atoms with van der Waals surface area (Å²) < 4.78 is 16.9. The van der Waals surface area contributed by atoms with Gasteiger partial charge in [0, 0.05) is 11.6 Å². The maximum atomic E-state index is 5.93. The molecule has 0 radical (unpaired) electrons. The highest BCUT2D eigenvalue weighted by Crippen LogP contribution is 2.40. The minimum absolute atomic E-state index is 0.100. The van der Waals surface area contributed by atoms with Crippen LogP contribution in [0.5, 0.6) is 11.5 Å². The molecule has 0 bridgehead atoms. The summed E-state index contributed by atoms with van der Waals surface area (Å²) >= 11 is 0. The molecular weight excluding hydrogens is 288 g/mol. The van der Waals surface area contributed by atoms with E-state index in [0.717, 1.165) is 22.8 Å². The van der Waals surface area contributed by atoms with E-state index in [9.17, 15) is 0 Å². The van der Waals surface area contributed by atoms with Crippen molar-refractivity contribution in [2.24, 2.45) is 0 Å². The summed E-state index contributed by atoms with van der Waals surface area (Å²) in [5, 5.41) is 0. The fourth-order valence-electron chi connectivity index (χ4n) is 2.86. The molecule has 3 heteroatoms. The number of aryl methyl sites for hydroxylation is 2. The van der Waals surface area contributed by atoms with Crippen molar-refractivity contribution < 1.29 is 14.2 Å². The molecule has 1 unspecified atom stereocenters. The maximum absolute atomic E-state index is 5.93. The van der Waals surface area contributed by atoms with Gasteiger partial charge in [0.05, 0.1) is 18.8 Å². The first-order valence-electron chi connectivity index (χ1n) is 7.77. The van der Waals surface area contributed by atoms with Crippen molar-refractivity contribution in [1.82, 2.24) is 0 Å². The van der Waals surface area contributed by atoms with Crippen molar-refractivity contribution in [2.75, 3.05) is 13.7 Å². The fraction of sp³-hybridized carbons (Fsp3) is 0.300. The number of fused-ring (bicyclic) bond motifs is 1. The van der Waals surface area contributed by atoms with Gasteiger partial charge in [0.15, 0.2) is 0 Å². The number of ether oxygens (including phenoxy) is 3. The van der Waals surface area contributed by atoms with Gasteiger partial charge in [-0.2, -0.15) is 0 Å². The zero-order chi connectivity index (χ0) is 16.4. The highest BCUT2D eigenvalue weighted by atomic mass is 16.5. The number of methoxy groups -OCH3 is 1. The first-order valence-corrected chi connectivity index (χ1v) is 7.77. The Labute approximate surface area is 137 Å². The van der Waals surface area contributed by atoms with Gasteiger partial charge in [0.1, 0.15) is 24.7 Å². The van der Waals surface area contributed by atoms with Crippen LogP contribution in [0.2, 0.25) is 0 Å². The van der Waals surface area contributed by atoms with Crippen LogP contribution >= 0.6 is 0 Å². The summed E-state index contributed by atoms with van der Waals surface area (Å²) in [7, 11) is 1.64. The standard InChI is InChI=1S/C20H22O3/c1-13-5-6-16(14(2)9-13)11-22-17-7-8-18-19(15(3)21-4)12-23-20(18)10-17/h5-10,19H,3,11-12H2,1-2,4H3. The van der Waals surface area contributed by atoms with E-state index in [-0.39, 0.29) is 5.92 Å². The lowest BCUT2D eigenvalue weighted by Crippen LogP contribution is -2.04. The van der Waals surface area contributed by atoms with Gasteiger partial charge < -0.3 is 14.2 Å². The van der Waals surface area contributed by atoms with Crippen LogP contribution in [0.15, 0.2) is 48.7 Å². The number of hydrogen-bond acceptors (Lipinski definition) is 3. The zero-order valence-corrected chi connectivity index (χ0v) is 13.9. The van der Waals surface area contributed by atoms with Crippen LogP contribution in [-0.4, -0.2) is 13.7 Å². The van der Waals surface area contributed by atoms with Crippen molar-refractivity contribution in [2.45, 2.75) is 26.4 Å². The molecule has 0 N–H and O–H groups in total. The second-order valence-electron chi connectivity index (χ2n) is 5.95. The van der Waals surface area contributed by atoms with Crippen LogP contribution < -0.4 is 9.47 Å². The van der Waals surface area contributed by atoms with Gasteiger partial charge in [0.2, 0.25) is 0 Å². The largest absolute Gasteiger partial charge is 0.501 e. The van der Waals surface area contributed by atoms with Crippen molar-refractivity contribution in [3.05, 3.63) is 71.0 Å². The molecule has 23 heavy (non-hydrogen) atoms. The molecule has 0 aliphatic carbocycles. The molecule has 2 aromatic rings. The van der Waals surface area contributed by atoms with E-state index in [2.05, 4.69) is 38.6 Å². The Morgan fingerprint density at radius 2 is 2.04 bits per heavy atom. The Morgan fingerprint density at radius 1 is 1.22 bits per heavy atom. The molecule has 0 fully saturated rings. The summed E-state index contributed by atoms with van der Waals surface area (Å²) in [5.41, 5.74) is 4.82. The topological polar surface area (TPSA) is 27.7 Å². The lowest BCUT2D eigenvalue weighted by molar-refractivity contribution is 0.243. The third-order valence-electron chi connectivity index (χ3n) is 4.31. The summed E-state index contributed by atoms with van der Waals surface area (Å²) in [6, 6.07) is 12.4. The smallest absolute Gasteiger partial charge is 0.127 e. The molecular formula is C20H22O3. The third kappa shape index (κ3) is 3.19. The molecule has 0 aromatic heterocycles. The number of benzene rings is 2. The molecule has 0 saturated carbocycles. The lowest BCUT2D eigenvalue weighted by atomic mass is 10.00. The summed E-state index contributed by atoms with van der Waals surface area (Å²) in [4.78, 5) is 0. The second-order valence-corrected chi connectivity index (χ2v) is 5.95. The van der Waals surface area contributed by atoms with Gasteiger partial charge in [-0.25, -0.2) is 0 Å². The first-order chi connectivity index (χ1) is 11.1. The SMILES string of the molecule is C=C(OC)C1COc2cc(OCc3ccc(C)cc3C)ccc21. The molecule has 1 atom stereocenters. The van der Waals surface area contributed by atoms with Crippen molar-refractivity contribution in [3.8, 4) is 11.5 Å². The monoisotopic (exact) mass is 310 g/mol. The predicted octanol–water partition coefficient (Wildman–Crippen LogP) is 4.52. The summed E-state index contributed by atoms with van der Waals surface area (Å²) in [5.74, 6) is 2.50. The van der Waals surface area contributed by atoms with Gasteiger partial charge in [-0.05, 0) is 31.0 Å². The maximum Gasteiger partial charge on any atom is 0.127 e. The van der Waals surface area contributed by atoms with Gasteiger partial charge in [-0.3, -0.25) is 0 Å². The van der Waals surface area contributed by atoms with E-state index in [4.69, 9.17) is 14.2 Å². The van der Waals surface area contributed by atoms with Crippen LogP contribution in [0, 0.1) is 13.8 Å². The van der Waals surface area contributed by atoms with E-state index in [1.807, 2.05) is 18.2 Å². The van der Waals surface area contributed by atoms with Gasteiger partial charge in [-0.15, -0.1) is 0 Å². The Bertz CT molecular complexity index is 734. The average Bonchev–Trinajstić information content (AvgIpc) is 2.96. The normalized spacial score (nSPS) is 15.7. The second kappa shape index (κ2) is 6.37. The predicted molar refractivity (Wildman–Crippen MR) is 91.1 cm³/mol. The molecule has 0 spiro atoms. The van der Waals surface area contributed by atoms with Gasteiger partial charge >= 0.3 is 0 Å². The summed E-state index contributed by atoms with van der Waals surface area (Å²) in [6.07, 6.45) is 0. The molecule has 3 rings (SSSR count). The van der Waals surface area contributed by atoms with Crippen molar-refractivity contribution in [3.63, 3.8) is 0 Å². The van der Waals surface area contributed by atoms with E-state index < -0.39 is 0 Å². The Morgan fingerprint density at radius 3 is 2.78 bits per heavy atom. The molecule has 1 heterocycles. The van der Waals surface area contributed by atoms with Crippen molar-refractivity contribution in [1.29, 1.82) is 0 Å². The van der Waals surface area contributed by atoms with Crippen molar-refractivity contribution >= 4 is 0 Å². The van der Waals surface area contributed by atoms with Crippen LogP contribution in [-0.2, 0) is 11.3 Å². The number of rotatable bonds is 5. The quantitative estimate of drug-likeness (QED) is 0.760. The fourth-order valence-corrected chi connectivity index (χ4v) is 2.86. The van der Waals surface area contributed by atoms with Crippen LogP contribution in [0.25, 0.3) is 0 Å². The zero-order valence-electron chi connectivity index (χ0n) is 13.9. The van der Waals surface area contributed by atoms with E-state index in [1.165, 1.54) is 16.7 Å². The van der Waals surface area contributed by atoms with Gasteiger partial charge in [-0.1, -0.05) is 36.4 Å². The highest BCUT2D eigenvalue weighted by molar-refractivity contribution is 5.47. The Balaban J connectivity index is 1.72. The molecule has 2 aromatic carbocycles. The highest BCUT2D eigenvalue weighted by Gasteiger charge is 2.27. The average molecular weight is 310 g/mol. The Hall–Kier alpha value is -2.42. The molecule has 1 aliphatic heterocycles. The summed E-state index contributed by atoms with van der Waals surface area (Å²) in [6.45, 7) is 9.27. The molecule has 1 aliphatic rings. The minimum atomic E-state index is 0.100. The molecule has 3 nitrogen and oxygen atoms in total. The van der Waals surface area contributed by atoms with E-state index >= 15 is 0 Å². The van der Waals surface area contributed by atoms with Crippen LogP contribution in [0.1, 0.15) is 28.2 Å². The molecule has 120 valence electrons. The molecule has 0 amide bonds. The Kier molecular flexibility index (Phi) is 4.28. The van der Waals surface area contributed by atoms with Gasteiger partial charge in [0.25, 0.3) is 0 Å². The molecule has 0 saturated heterocycles. The number of hydrogen-bond donors (Lipinski definition) is 0. The minimum Gasteiger partial charge on any atom is -0.501 e. The third-order valence-corrected chi connectivity index (χ3v) is 4.31. The van der Waals surface area contributed by atoms with Crippen LogP contribution in [0.4, 0.5) is 0 Å². The lowest BCUT2D eigenvalue weighted by Gasteiger charge is -2.12. The van der Waals surface area contributed by atoms with E-state index in [1.54, 1.807) is 7.11 Å².